The summed E-state index contributed by atoms with van der Waals surface area (Å²) in [5, 5.41) is 3.82. The van der Waals surface area contributed by atoms with Gasteiger partial charge in [-0.05, 0) is 48.0 Å². The SMILES string of the molecule is O=C(NCCSc1c(-c2ccc(F)cc2)[nH]c2ccccc12)c1ccccc1F. The van der Waals surface area contributed by atoms with Gasteiger partial charge in [0.15, 0.2) is 0 Å². The van der Waals surface area contributed by atoms with Crippen molar-refractivity contribution in [2.24, 2.45) is 0 Å². The molecule has 0 saturated heterocycles. The van der Waals surface area contributed by atoms with E-state index < -0.39 is 11.7 Å². The number of carbonyl (C=O) groups excluding carboxylic acids is 1. The molecule has 0 aliphatic heterocycles. The van der Waals surface area contributed by atoms with Crippen molar-refractivity contribution >= 4 is 28.6 Å². The average molecular weight is 408 g/mol. The molecule has 0 aliphatic carbocycles. The highest BCUT2D eigenvalue weighted by Gasteiger charge is 2.14. The number of para-hydroxylation sites is 1. The average Bonchev–Trinajstić information content (AvgIpc) is 3.10. The minimum absolute atomic E-state index is 0.0385. The molecule has 29 heavy (non-hydrogen) atoms. The molecule has 4 aromatic rings. The normalized spacial score (nSPS) is 11.0. The van der Waals surface area contributed by atoms with Crippen molar-refractivity contribution in [3.63, 3.8) is 0 Å². The predicted molar refractivity (Wildman–Crippen MR) is 113 cm³/mol. The summed E-state index contributed by atoms with van der Waals surface area (Å²) < 4.78 is 27.0. The lowest BCUT2D eigenvalue weighted by molar-refractivity contribution is 0.0952. The summed E-state index contributed by atoms with van der Waals surface area (Å²) in [6.07, 6.45) is 0. The molecule has 0 saturated carbocycles. The Hall–Kier alpha value is -3.12. The van der Waals surface area contributed by atoms with Gasteiger partial charge < -0.3 is 10.3 Å². The van der Waals surface area contributed by atoms with E-state index in [4.69, 9.17) is 0 Å². The first-order valence-corrected chi connectivity index (χ1v) is 10.1. The number of aromatic amines is 1. The van der Waals surface area contributed by atoms with Crippen LogP contribution in [-0.2, 0) is 0 Å². The number of rotatable bonds is 6. The molecular weight excluding hydrogens is 390 g/mol. The third-order valence-corrected chi connectivity index (χ3v) is 5.66. The molecule has 1 heterocycles. The third-order valence-electron chi connectivity index (χ3n) is 4.54. The third kappa shape index (κ3) is 4.17. The maximum atomic E-state index is 13.7. The number of H-pyrrole nitrogens is 1. The number of fused-ring (bicyclic) bond motifs is 1. The monoisotopic (exact) mass is 408 g/mol. The zero-order valence-electron chi connectivity index (χ0n) is 15.4. The number of thioether (sulfide) groups is 1. The molecule has 1 amide bonds. The molecule has 0 atom stereocenters. The summed E-state index contributed by atoms with van der Waals surface area (Å²) in [5.41, 5.74) is 2.83. The minimum atomic E-state index is -0.534. The fraction of sp³-hybridized carbons (Fsp3) is 0.0870. The second-order valence-electron chi connectivity index (χ2n) is 6.47. The van der Waals surface area contributed by atoms with E-state index >= 15 is 0 Å². The Bertz CT molecular complexity index is 1160. The van der Waals surface area contributed by atoms with Crippen molar-refractivity contribution in [1.82, 2.24) is 10.3 Å². The Morgan fingerprint density at radius 2 is 1.66 bits per heavy atom. The summed E-state index contributed by atoms with van der Waals surface area (Å²) in [6, 6.07) is 20.2. The van der Waals surface area contributed by atoms with Crippen LogP contribution >= 0.6 is 11.8 Å². The molecule has 0 spiro atoms. The van der Waals surface area contributed by atoms with Crippen LogP contribution in [0.25, 0.3) is 22.2 Å². The molecule has 3 aromatic carbocycles. The zero-order valence-corrected chi connectivity index (χ0v) is 16.2. The summed E-state index contributed by atoms with van der Waals surface area (Å²) in [4.78, 5) is 16.6. The van der Waals surface area contributed by atoms with Crippen molar-refractivity contribution in [2.75, 3.05) is 12.3 Å². The maximum absolute atomic E-state index is 13.7. The highest BCUT2D eigenvalue weighted by molar-refractivity contribution is 7.99. The highest BCUT2D eigenvalue weighted by Crippen LogP contribution is 2.37. The van der Waals surface area contributed by atoms with Gasteiger partial charge >= 0.3 is 0 Å². The van der Waals surface area contributed by atoms with Crippen LogP contribution in [-0.4, -0.2) is 23.2 Å². The molecule has 146 valence electrons. The van der Waals surface area contributed by atoms with Crippen LogP contribution in [0.15, 0.2) is 77.7 Å². The van der Waals surface area contributed by atoms with Crippen LogP contribution in [0, 0.1) is 11.6 Å². The molecule has 4 rings (SSSR count). The topological polar surface area (TPSA) is 44.9 Å². The van der Waals surface area contributed by atoms with Gasteiger partial charge in [0.1, 0.15) is 11.6 Å². The Morgan fingerprint density at radius 1 is 0.931 bits per heavy atom. The Labute approximate surface area is 171 Å². The number of amides is 1. The largest absolute Gasteiger partial charge is 0.354 e. The van der Waals surface area contributed by atoms with Gasteiger partial charge in [-0.25, -0.2) is 8.78 Å². The highest BCUT2D eigenvalue weighted by atomic mass is 32.2. The van der Waals surface area contributed by atoms with Crippen molar-refractivity contribution < 1.29 is 13.6 Å². The predicted octanol–water partition coefficient (Wildman–Crippen LogP) is 5.64. The summed E-state index contributed by atoms with van der Waals surface area (Å²) >= 11 is 1.59. The van der Waals surface area contributed by atoms with Gasteiger partial charge in [-0.1, -0.05) is 30.3 Å². The number of halogens is 2. The maximum Gasteiger partial charge on any atom is 0.254 e. The lowest BCUT2D eigenvalue weighted by atomic mass is 10.1. The Balaban J connectivity index is 1.50. The lowest BCUT2D eigenvalue weighted by Gasteiger charge is -2.08. The number of aromatic nitrogens is 1. The van der Waals surface area contributed by atoms with Crippen LogP contribution in [0.3, 0.4) is 0 Å². The van der Waals surface area contributed by atoms with Crippen molar-refractivity contribution in [2.45, 2.75) is 4.90 Å². The Morgan fingerprint density at radius 3 is 2.45 bits per heavy atom. The van der Waals surface area contributed by atoms with Crippen molar-refractivity contribution in [3.05, 3.63) is 90.0 Å². The number of benzene rings is 3. The van der Waals surface area contributed by atoms with Crippen LogP contribution in [0.1, 0.15) is 10.4 Å². The molecule has 0 unspecified atom stereocenters. The van der Waals surface area contributed by atoms with E-state index in [1.807, 2.05) is 24.3 Å². The first-order chi connectivity index (χ1) is 14.1. The molecule has 6 heteroatoms. The van der Waals surface area contributed by atoms with E-state index in [1.54, 1.807) is 36.0 Å². The van der Waals surface area contributed by atoms with E-state index in [0.717, 1.165) is 27.1 Å². The van der Waals surface area contributed by atoms with Gasteiger partial charge in [-0.3, -0.25) is 4.79 Å². The lowest BCUT2D eigenvalue weighted by Crippen LogP contribution is -2.26. The van der Waals surface area contributed by atoms with Gasteiger partial charge in [-0.2, -0.15) is 0 Å². The molecule has 2 N–H and O–H groups in total. The molecule has 3 nitrogen and oxygen atoms in total. The molecule has 0 radical (unpaired) electrons. The van der Waals surface area contributed by atoms with Crippen LogP contribution < -0.4 is 5.32 Å². The fourth-order valence-corrected chi connectivity index (χ4v) is 4.20. The van der Waals surface area contributed by atoms with E-state index in [-0.39, 0.29) is 11.4 Å². The second kappa shape index (κ2) is 8.49. The number of nitrogens with one attached hydrogen (secondary N) is 2. The second-order valence-corrected chi connectivity index (χ2v) is 7.57. The number of hydrogen-bond acceptors (Lipinski definition) is 2. The molecule has 1 aromatic heterocycles. The fourth-order valence-electron chi connectivity index (χ4n) is 3.14. The van der Waals surface area contributed by atoms with Crippen LogP contribution in [0.4, 0.5) is 8.78 Å². The van der Waals surface area contributed by atoms with E-state index in [0.29, 0.717) is 12.3 Å². The summed E-state index contributed by atoms with van der Waals surface area (Å²) in [6.45, 7) is 0.389. The van der Waals surface area contributed by atoms with E-state index in [1.165, 1.54) is 24.3 Å². The van der Waals surface area contributed by atoms with Gasteiger partial charge in [0, 0.05) is 28.1 Å². The van der Waals surface area contributed by atoms with Crippen LogP contribution in [0.5, 0.6) is 0 Å². The van der Waals surface area contributed by atoms with Gasteiger partial charge in [-0.15, -0.1) is 11.8 Å². The number of hydrogen-bond donors (Lipinski definition) is 2. The van der Waals surface area contributed by atoms with Gasteiger partial charge in [0.05, 0.1) is 11.3 Å². The molecule has 0 aliphatic rings. The van der Waals surface area contributed by atoms with Crippen LogP contribution in [0.2, 0.25) is 0 Å². The van der Waals surface area contributed by atoms with Gasteiger partial charge in [0.25, 0.3) is 5.91 Å². The molecular formula is C23H18F2N2OS. The summed E-state index contributed by atoms with van der Waals surface area (Å²) in [7, 11) is 0. The minimum Gasteiger partial charge on any atom is -0.354 e. The molecule has 0 bridgehead atoms. The quantitative estimate of drug-likeness (QED) is 0.321. The zero-order chi connectivity index (χ0) is 20.2. The first-order valence-electron chi connectivity index (χ1n) is 9.15. The van der Waals surface area contributed by atoms with Gasteiger partial charge in [0.2, 0.25) is 0 Å². The first kappa shape index (κ1) is 19.2. The number of carbonyl (C=O) groups is 1. The standard InChI is InChI=1S/C23H18F2N2OS/c24-16-11-9-15(10-12-16)21-22(18-6-2-4-8-20(18)27-21)29-14-13-26-23(28)17-5-1-3-7-19(17)25/h1-12,27H,13-14H2,(H,26,28). The van der Waals surface area contributed by atoms with E-state index in [9.17, 15) is 13.6 Å². The van der Waals surface area contributed by atoms with Crippen molar-refractivity contribution in [1.29, 1.82) is 0 Å². The molecule has 0 fully saturated rings. The Kier molecular flexibility index (Phi) is 5.62. The summed E-state index contributed by atoms with van der Waals surface area (Å²) in [5.74, 6) is -0.639. The smallest absolute Gasteiger partial charge is 0.254 e. The van der Waals surface area contributed by atoms with Crippen molar-refractivity contribution in [3.8, 4) is 11.3 Å². The van der Waals surface area contributed by atoms with E-state index in [2.05, 4.69) is 10.3 Å².